The van der Waals surface area contributed by atoms with Gasteiger partial charge in [-0.05, 0) is 20.2 Å². The second-order valence-electron chi connectivity index (χ2n) is 0.874. The van der Waals surface area contributed by atoms with Gasteiger partial charge in [0, 0.05) is 34.7 Å². The van der Waals surface area contributed by atoms with Gasteiger partial charge in [-0.2, -0.15) is 15.2 Å². The molecule has 0 rings (SSSR count). The maximum Gasteiger partial charge on any atom is 0.0604 e. The van der Waals surface area contributed by atoms with Crippen LogP contribution in [0.2, 0.25) is 0 Å². The van der Waals surface area contributed by atoms with Gasteiger partial charge in [0.1, 0.15) is 0 Å². The Morgan fingerprint density at radius 3 is 1.57 bits per heavy atom. The molecule has 84 valence electrons. The molecule has 0 aliphatic heterocycles. The minimum absolute atomic E-state index is 1.66. The lowest BCUT2D eigenvalue weighted by molar-refractivity contribution is -0.852. The van der Waals surface area contributed by atoms with Gasteiger partial charge in [-0.1, -0.05) is 0 Å². The van der Waals surface area contributed by atoms with E-state index >= 15 is 0 Å². The van der Waals surface area contributed by atoms with Crippen LogP contribution < -0.4 is 0 Å². The van der Waals surface area contributed by atoms with Crippen LogP contribution in [0.15, 0.2) is 5.28 Å². The topological polar surface area (TPSA) is 138 Å². The Morgan fingerprint density at radius 2 is 1.14 bits per heavy atom. The Kier molecular flexibility index (Phi) is 11.9. The molecular formula is H3N2O11P. The van der Waals surface area contributed by atoms with Gasteiger partial charge >= 0.3 is 0 Å². The molecule has 0 aromatic carbocycles. The third-order valence-corrected chi connectivity index (χ3v) is 0.408. The Morgan fingerprint density at radius 1 is 0.714 bits per heavy atom. The SMILES string of the molecule is N=NOOOOOOOOOOOP. The third-order valence-electron chi connectivity index (χ3n) is 0.329. The number of nitrogens with zero attached hydrogens (tertiary/aromatic N) is 1. The van der Waals surface area contributed by atoms with Gasteiger partial charge in [0.2, 0.25) is 0 Å². The molecule has 0 spiro atoms. The number of rotatable bonds is 11. The van der Waals surface area contributed by atoms with Crippen LogP contribution in [-0.2, 0) is 55.0 Å². The van der Waals surface area contributed by atoms with E-state index in [4.69, 9.17) is 5.53 Å². The number of hydrogen-bond acceptors (Lipinski definition) is 13. The van der Waals surface area contributed by atoms with Crippen LogP contribution in [0.4, 0.5) is 0 Å². The van der Waals surface area contributed by atoms with Gasteiger partial charge in [0.05, 0.1) is 5.28 Å². The van der Waals surface area contributed by atoms with Crippen LogP contribution >= 0.6 is 9.47 Å². The van der Waals surface area contributed by atoms with Gasteiger partial charge in [-0.15, -0.1) is 0 Å². The predicted octanol–water partition coefficient (Wildman–Crippen LogP) is 0.0551. The summed E-state index contributed by atoms with van der Waals surface area (Å²) in [6.45, 7) is 0. The maximum absolute atomic E-state index is 5.99. The van der Waals surface area contributed by atoms with E-state index in [0.717, 1.165) is 0 Å². The van der Waals surface area contributed by atoms with Crippen LogP contribution in [0.1, 0.15) is 0 Å². The monoisotopic (exact) mass is 238 g/mol. The highest BCUT2D eigenvalue weighted by atomic mass is 31.0. The van der Waals surface area contributed by atoms with E-state index in [0.29, 0.717) is 0 Å². The molecule has 0 radical (unpaired) electrons. The lowest BCUT2D eigenvalue weighted by atomic mass is 13.1. The van der Waals surface area contributed by atoms with Crippen molar-refractivity contribution < 1.29 is 55.0 Å². The molecule has 0 aromatic rings. The third kappa shape index (κ3) is 11.4. The highest BCUT2D eigenvalue weighted by Crippen LogP contribution is 1.92. The van der Waals surface area contributed by atoms with Crippen molar-refractivity contribution in [2.45, 2.75) is 0 Å². The van der Waals surface area contributed by atoms with Crippen LogP contribution in [-0.4, -0.2) is 0 Å². The molecule has 0 heterocycles. The summed E-state index contributed by atoms with van der Waals surface area (Å²) in [6.07, 6.45) is 0. The molecule has 1 atom stereocenters. The summed E-state index contributed by atoms with van der Waals surface area (Å²) < 4.78 is 3.79. The smallest absolute Gasteiger partial charge is 0.0604 e. The van der Waals surface area contributed by atoms with Crippen molar-refractivity contribution in [2.24, 2.45) is 5.28 Å². The molecule has 0 fully saturated rings. The van der Waals surface area contributed by atoms with Gasteiger partial charge < -0.3 is 0 Å². The van der Waals surface area contributed by atoms with E-state index in [2.05, 4.69) is 60.3 Å². The summed E-state index contributed by atoms with van der Waals surface area (Å²) in [5.74, 6) is 0. The first-order valence-electron chi connectivity index (χ1n) is 2.31. The Hall–Kier alpha value is -0.570. The summed E-state index contributed by atoms with van der Waals surface area (Å²) >= 11 is 0. The number of hydrogen-bond donors (Lipinski definition) is 1. The van der Waals surface area contributed by atoms with Crippen LogP contribution in [0, 0.1) is 5.53 Å². The second kappa shape index (κ2) is 12.4. The zero-order valence-electron chi connectivity index (χ0n) is 6.02. The van der Waals surface area contributed by atoms with E-state index in [-0.39, 0.29) is 0 Å². The summed E-state index contributed by atoms with van der Waals surface area (Å²) in [4.78, 5) is 3.47. The van der Waals surface area contributed by atoms with Crippen molar-refractivity contribution in [1.29, 1.82) is 5.53 Å². The van der Waals surface area contributed by atoms with Crippen LogP contribution in [0.25, 0.3) is 0 Å². The normalized spacial score (nSPS) is 10.1. The molecule has 13 nitrogen and oxygen atoms in total. The maximum atomic E-state index is 5.99. The first kappa shape index (κ1) is 13.4. The van der Waals surface area contributed by atoms with Crippen LogP contribution in [0.5, 0.6) is 0 Å². The average Bonchev–Trinajstić information content (AvgIpc) is 2.21. The fourth-order valence-corrected chi connectivity index (χ4v) is 0.155. The first-order valence-corrected chi connectivity index (χ1v) is 2.78. The molecule has 0 saturated carbocycles. The van der Waals surface area contributed by atoms with E-state index in [1.807, 2.05) is 0 Å². The lowest BCUT2D eigenvalue weighted by Crippen LogP contribution is -2.01. The zero-order chi connectivity index (χ0) is 10.5. The van der Waals surface area contributed by atoms with Crippen molar-refractivity contribution >= 4 is 9.47 Å². The van der Waals surface area contributed by atoms with Crippen molar-refractivity contribution in [3.8, 4) is 0 Å². The summed E-state index contributed by atoms with van der Waals surface area (Å²) in [5.41, 5.74) is 5.99. The highest BCUT2D eigenvalue weighted by Gasteiger charge is 1.95. The van der Waals surface area contributed by atoms with Crippen molar-refractivity contribution in [1.82, 2.24) is 0 Å². The van der Waals surface area contributed by atoms with Gasteiger partial charge in [-0.25, -0.2) is 0 Å². The fraction of sp³-hybridized carbons (Fsp3) is 0. The Balaban J connectivity index is 2.81. The van der Waals surface area contributed by atoms with E-state index in [9.17, 15) is 0 Å². The molecule has 1 N–H and O–H groups in total. The summed E-state index contributed by atoms with van der Waals surface area (Å²) in [6, 6.07) is 0. The minimum atomic E-state index is 1.66. The molecule has 1 unspecified atom stereocenters. The zero-order valence-corrected chi connectivity index (χ0v) is 7.17. The molecule has 0 bridgehead atoms. The molecule has 14 heteroatoms. The van der Waals surface area contributed by atoms with Crippen molar-refractivity contribution in [3.63, 3.8) is 0 Å². The molecule has 0 aliphatic carbocycles. The highest BCUT2D eigenvalue weighted by molar-refractivity contribution is 7.09. The predicted molar refractivity (Wildman–Crippen MR) is 26.8 cm³/mol. The van der Waals surface area contributed by atoms with E-state index in [1.54, 1.807) is 9.47 Å². The fourth-order valence-electron chi connectivity index (χ4n) is 0.123. The largest absolute Gasteiger partial charge is 0.189 e. The molecule has 14 heavy (non-hydrogen) atoms. The lowest BCUT2D eigenvalue weighted by Gasteiger charge is -1.96. The van der Waals surface area contributed by atoms with Crippen molar-refractivity contribution in [2.75, 3.05) is 0 Å². The second-order valence-corrected chi connectivity index (χ2v) is 1.07. The average molecular weight is 238 g/mol. The molecule has 0 aromatic heterocycles. The van der Waals surface area contributed by atoms with Gasteiger partial charge in [0.15, 0.2) is 0 Å². The summed E-state index contributed by atoms with van der Waals surface area (Å²) in [7, 11) is 1.66. The van der Waals surface area contributed by atoms with Gasteiger partial charge in [0.25, 0.3) is 0 Å². The van der Waals surface area contributed by atoms with E-state index < -0.39 is 0 Å². The van der Waals surface area contributed by atoms with Crippen molar-refractivity contribution in [3.05, 3.63) is 0 Å². The quantitative estimate of drug-likeness (QED) is 0.172. The molecule has 0 saturated heterocycles. The Labute approximate surface area is 76.5 Å². The first-order chi connectivity index (χ1) is 6.91. The molecule has 0 amide bonds. The number of nitrogens with one attached hydrogen (secondary N) is 1. The van der Waals surface area contributed by atoms with Crippen LogP contribution in [0.3, 0.4) is 0 Å². The standard InChI is InChI=1S/H3N2O11P/c1-2-3-4-5-6-7-8-9-10-11-12-13-14/h1H,14H2. The van der Waals surface area contributed by atoms with E-state index in [1.165, 1.54) is 0 Å². The van der Waals surface area contributed by atoms with Gasteiger partial charge in [-0.3, -0.25) is 0 Å². The molecule has 0 aliphatic rings. The minimum Gasteiger partial charge on any atom is -0.189 e. The molecular weight excluding hydrogens is 235 g/mol. The Bertz CT molecular complexity index is 118. The summed E-state index contributed by atoms with van der Waals surface area (Å²) in [5, 5.41) is 33.9.